The number of hydrogen-bond donors (Lipinski definition) is 3. The highest BCUT2D eigenvalue weighted by molar-refractivity contribution is 5.89. The molecule has 0 aromatic rings. The lowest BCUT2D eigenvalue weighted by molar-refractivity contribution is -0.130. The third kappa shape index (κ3) is 4.47. The van der Waals surface area contributed by atoms with E-state index < -0.39 is 11.4 Å². The van der Waals surface area contributed by atoms with E-state index in [1.807, 2.05) is 0 Å². The minimum absolute atomic E-state index is 0.0373. The van der Waals surface area contributed by atoms with Crippen LogP contribution in [0.3, 0.4) is 0 Å². The van der Waals surface area contributed by atoms with Crippen LogP contribution in [0.25, 0.3) is 0 Å². The van der Waals surface area contributed by atoms with Crippen molar-refractivity contribution in [2.45, 2.75) is 32.2 Å². The molecule has 0 spiro atoms. The summed E-state index contributed by atoms with van der Waals surface area (Å²) in [4.78, 5) is 21.9. The van der Waals surface area contributed by atoms with Crippen molar-refractivity contribution in [1.29, 1.82) is 0 Å². The average molecular weight is 188 g/mol. The number of amides is 2. The molecule has 0 saturated carbocycles. The minimum atomic E-state index is -1.02. The van der Waals surface area contributed by atoms with Gasteiger partial charge in [-0.3, -0.25) is 9.59 Å². The average Bonchev–Trinajstić information content (AvgIpc) is 1.99. The van der Waals surface area contributed by atoms with Crippen molar-refractivity contribution in [3.05, 3.63) is 0 Å². The molecule has 0 aliphatic carbocycles. The van der Waals surface area contributed by atoms with Gasteiger partial charge in [-0.05, 0) is 20.3 Å². The van der Waals surface area contributed by atoms with Crippen molar-refractivity contribution >= 4 is 11.8 Å². The summed E-state index contributed by atoms with van der Waals surface area (Å²) in [5.74, 6) is -0.859. The summed E-state index contributed by atoms with van der Waals surface area (Å²) in [5.41, 5.74) is 4.02. The standard InChI is InChI=1S/C8H16N2O3/c1-8(2,7(9)13)10-6(12)4-3-5-11/h11H,3-5H2,1-2H3,(H2,9,13)(H,10,12). The van der Waals surface area contributed by atoms with Crippen molar-refractivity contribution in [2.24, 2.45) is 5.73 Å². The van der Waals surface area contributed by atoms with E-state index in [4.69, 9.17) is 10.8 Å². The van der Waals surface area contributed by atoms with Crippen LogP contribution in [0, 0.1) is 0 Å². The van der Waals surface area contributed by atoms with E-state index in [9.17, 15) is 9.59 Å². The van der Waals surface area contributed by atoms with E-state index in [0.29, 0.717) is 6.42 Å². The van der Waals surface area contributed by atoms with Crippen LogP contribution in [0.15, 0.2) is 0 Å². The van der Waals surface area contributed by atoms with Gasteiger partial charge in [0, 0.05) is 13.0 Å². The number of nitrogens with one attached hydrogen (secondary N) is 1. The molecule has 5 heteroatoms. The van der Waals surface area contributed by atoms with E-state index in [1.165, 1.54) is 13.8 Å². The normalized spacial score (nSPS) is 11.0. The summed E-state index contributed by atoms with van der Waals surface area (Å²) < 4.78 is 0. The molecule has 0 saturated heterocycles. The Morgan fingerprint density at radius 1 is 1.46 bits per heavy atom. The Morgan fingerprint density at radius 2 is 2.00 bits per heavy atom. The molecule has 0 aromatic carbocycles. The van der Waals surface area contributed by atoms with Gasteiger partial charge in [-0.2, -0.15) is 0 Å². The molecule has 13 heavy (non-hydrogen) atoms. The van der Waals surface area contributed by atoms with Gasteiger partial charge in [0.25, 0.3) is 0 Å². The van der Waals surface area contributed by atoms with Crippen LogP contribution < -0.4 is 11.1 Å². The van der Waals surface area contributed by atoms with Crippen molar-refractivity contribution in [2.75, 3.05) is 6.61 Å². The predicted octanol–water partition coefficient (Wildman–Crippen LogP) is -0.861. The van der Waals surface area contributed by atoms with Crippen molar-refractivity contribution in [3.8, 4) is 0 Å². The van der Waals surface area contributed by atoms with E-state index in [1.54, 1.807) is 0 Å². The van der Waals surface area contributed by atoms with Gasteiger partial charge >= 0.3 is 0 Å². The summed E-state index contributed by atoms with van der Waals surface area (Å²) in [5, 5.41) is 10.9. The lowest BCUT2D eigenvalue weighted by Gasteiger charge is -2.21. The second-order valence-electron chi connectivity index (χ2n) is 3.36. The Labute approximate surface area is 77.3 Å². The van der Waals surface area contributed by atoms with E-state index in [0.717, 1.165) is 0 Å². The topological polar surface area (TPSA) is 92.4 Å². The van der Waals surface area contributed by atoms with Gasteiger partial charge in [-0.1, -0.05) is 0 Å². The third-order valence-corrected chi connectivity index (χ3v) is 1.63. The van der Waals surface area contributed by atoms with Crippen LogP contribution in [-0.2, 0) is 9.59 Å². The van der Waals surface area contributed by atoms with Gasteiger partial charge in [-0.25, -0.2) is 0 Å². The molecule has 0 aromatic heterocycles. The molecule has 0 heterocycles. The molecule has 0 unspecified atom stereocenters. The Hall–Kier alpha value is -1.10. The fourth-order valence-electron chi connectivity index (χ4n) is 0.712. The number of carbonyl (C=O) groups is 2. The zero-order valence-electron chi connectivity index (χ0n) is 7.96. The van der Waals surface area contributed by atoms with Gasteiger partial charge in [0.1, 0.15) is 5.54 Å². The van der Waals surface area contributed by atoms with Crippen LogP contribution in [-0.4, -0.2) is 29.1 Å². The maximum Gasteiger partial charge on any atom is 0.242 e. The second kappa shape index (κ2) is 4.81. The molecule has 5 nitrogen and oxygen atoms in total. The van der Waals surface area contributed by atoms with Crippen molar-refractivity contribution in [1.82, 2.24) is 5.32 Å². The zero-order valence-corrected chi connectivity index (χ0v) is 7.96. The van der Waals surface area contributed by atoms with Crippen molar-refractivity contribution < 1.29 is 14.7 Å². The maximum atomic E-state index is 11.1. The first-order valence-electron chi connectivity index (χ1n) is 4.12. The number of aliphatic hydroxyl groups excluding tert-OH is 1. The molecule has 0 fully saturated rings. The molecule has 0 aliphatic rings. The Bertz CT molecular complexity index is 202. The smallest absolute Gasteiger partial charge is 0.242 e. The van der Waals surface area contributed by atoms with Crippen LogP contribution in [0.5, 0.6) is 0 Å². The molecule has 4 N–H and O–H groups in total. The number of hydrogen-bond acceptors (Lipinski definition) is 3. The highest BCUT2D eigenvalue weighted by Crippen LogP contribution is 2.01. The zero-order chi connectivity index (χ0) is 10.5. The molecule has 0 aliphatic heterocycles. The molecule has 0 bridgehead atoms. The fraction of sp³-hybridized carbons (Fsp3) is 0.750. The quantitative estimate of drug-likeness (QED) is 0.524. The summed E-state index contributed by atoms with van der Waals surface area (Å²) in [7, 11) is 0. The van der Waals surface area contributed by atoms with Gasteiger partial charge in [-0.15, -0.1) is 0 Å². The second-order valence-corrected chi connectivity index (χ2v) is 3.36. The fourth-order valence-corrected chi connectivity index (χ4v) is 0.712. The number of carbonyl (C=O) groups excluding carboxylic acids is 2. The van der Waals surface area contributed by atoms with Gasteiger partial charge in [0.15, 0.2) is 0 Å². The van der Waals surface area contributed by atoms with Gasteiger partial charge in [0.2, 0.25) is 11.8 Å². The highest BCUT2D eigenvalue weighted by Gasteiger charge is 2.26. The first kappa shape index (κ1) is 11.9. The summed E-state index contributed by atoms with van der Waals surface area (Å²) in [6, 6.07) is 0. The predicted molar refractivity (Wildman–Crippen MR) is 47.7 cm³/mol. The molecule has 0 rings (SSSR count). The molecule has 0 radical (unpaired) electrons. The molecule has 2 amide bonds. The highest BCUT2D eigenvalue weighted by atomic mass is 16.3. The molecular formula is C8H16N2O3. The van der Waals surface area contributed by atoms with Crippen LogP contribution in [0.1, 0.15) is 26.7 Å². The lowest BCUT2D eigenvalue weighted by Crippen LogP contribution is -2.52. The summed E-state index contributed by atoms with van der Waals surface area (Å²) in [6.07, 6.45) is 0.591. The van der Waals surface area contributed by atoms with Gasteiger partial charge in [0.05, 0.1) is 0 Å². The van der Waals surface area contributed by atoms with E-state index >= 15 is 0 Å². The molecule has 76 valence electrons. The Kier molecular flexibility index (Phi) is 4.40. The number of primary amides is 1. The summed E-state index contributed by atoms with van der Waals surface area (Å²) >= 11 is 0. The molecular weight excluding hydrogens is 172 g/mol. The Balaban J connectivity index is 3.97. The van der Waals surface area contributed by atoms with E-state index in [2.05, 4.69) is 5.32 Å². The lowest BCUT2D eigenvalue weighted by atomic mass is 10.0. The number of rotatable bonds is 5. The first-order valence-corrected chi connectivity index (χ1v) is 4.12. The summed E-state index contributed by atoms with van der Waals surface area (Å²) in [6.45, 7) is 3.03. The SMILES string of the molecule is CC(C)(NC(=O)CCCO)C(N)=O. The number of aliphatic hydroxyl groups is 1. The monoisotopic (exact) mass is 188 g/mol. The van der Waals surface area contributed by atoms with Gasteiger partial charge < -0.3 is 16.2 Å². The Morgan fingerprint density at radius 3 is 2.38 bits per heavy atom. The number of nitrogens with two attached hydrogens (primary N) is 1. The molecule has 0 atom stereocenters. The van der Waals surface area contributed by atoms with Crippen LogP contribution in [0.4, 0.5) is 0 Å². The van der Waals surface area contributed by atoms with Crippen LogP contribution in [0.2, 0.25) is 0 Å². The minimum Gasteiger partial charge on any atom is -0.396 e. The first-order chi connectivity index (χ1) is 5.90. The maximum absolute atomic E-state index is 11.1. The third-order valence-electron chi connectivity index (χ3n) is 1.63. The van der Waals surface area contributed by atoms with Crippen molar-refractivity contribution in [3.63, 3.8) is 0 Å². The van der Waals surface area contributed by atoms with Crippen LogP contribution >= 0.6 is 0 Å². The van der Waals surface area contributed by atoms with E-state index in [-0.39, 0.29) is 18.9 Å². The largest absolute Gasteiger partial charge is 0.396 e.